The number of anilines is 1. The fourth-order valence-electron chi connectivity index (χ4n) is 4.28. The van der Waals surface area contributed by atoms with Crippen molar-refractivity contribution in [2.75, 3.05) is 11.9 Å². The van der Waals surface area contributed by atoms with E-state index in [4.69, 9.17) is 0 Å². The summed E-state index contributed by atoms with van der Waals surface area (Å²) < 4.78 is 0. The van der Waals surface area contributed by atoms with Crippen molar-refractivity contribution in [3.05, 3.63) is 76.4 Å². The Morgan fingerprint density at radius 1 is 1.00 bits per heavy atom. The number of hydrogen-bond donors (Lipinski definition) is 1. The van der Waals surface area contributed by atoms with Gasteiger partial charge in [-0.25, -0.2) is 0 Å². The smallest absolute Gasteiger partial charge is 0.249 e. The first-order valence-electron chi connectivity index (χ1n) is 11.0. The maximum atomic E-state index is 12.9. The highest BCUT2D eigenvalue weighted by atomic mass is 16.2. The third kappa shape index (κ3) is 4.99. The topological polar surface area (TPSA) is 49.4 Å². The molecule has 1 heterocycles. The van der Waals surface area contributed by atoms with Crippen LogP contribution in [-0.2, 0) is 29.0 Å². The molecule has 0 saturated carbocycles. The van der Waals surface area contributed by atoms with Crippen LogP contribution >= 0.6 is 0 Å². The number of aryl methyl sites for hydroxylation is 2. The van der Waals surface area contributed by atoms with E-state index in [0.29, 0.717) is 13.0 Å². The molecule has 0 atom stereocenters. The van der Waals surface area contributed by atoms with Gasteiger partial charge in [-0.15, -0.1) is 0 Å². The van der Waals surface area contributed by atoms with Crippen LogP contribution in [0.4, 0.5) is 5.69 Å². The highest BCUT2D eigenvalue weighted by molar-refractivity contribution is 5.94. The van der Waals surface area contributed by atoms with Gasteiger partial charge in [-0.3, -0.25) is 9.59 Å². The number of rotatable bonds is 5. The fraction of sp³-hybridized carbons (Fsp3) is 0.385. The molecule has 2 aromatic rings. The third-order valence-corrected chi connectivity index (χ3v) is 6.12. The Kier molecular flexibility index (Phi) is 6.32. The summed E-state index contributed by atoms with van der Waals surface area (Å²) in [4.78, 5) is 27.2. The van der Waals surface area contributed by atoms with Gasteiger partial charge in [-0.1, -0.05) is 42.0 Å². The van der Waals surface area contributed by atoms with E-state index >= 15 is 0 Å². The molecule has 4 rings (SSSR count). The normalized spacial score (nSPS) is 15.9. The van der Waals surface area contributed by atoms with Crippen molar-refractivity contribution >= 4 is 17.5 Å². The minimum Gasteiger partial charge on any atom is -0.334 e. The second-order valence-electron chi connectivity index (χ2n) is 8.47. The van der Waals surface area contributed by atoms with Crippen LogP contribution in [0.3, 0.4) is 0 Å². The molecule has 2 aliphatic rings. The van der Waals surface area contributed by atoms with Crippen LogP contribution in [0.25, 0.3) is 0 Å². The van der Waals surface area contributed by atoms with Crippen molar-refractivity contribution in [3.8, 4) is 0 Å². The molecule has 1 aliphatic carbocycles. The van der Waals surface area contributed by atoms with Gasteiger partial charge in [0.05, 0.1) is 0 Å². The summed E-state index contributed by atoms with van der Waals surface area (Å²) in [6, 6.07) is 14.4. The number of benzene rings is 2. The first-order chi connectivity index (χ1) is 14.6. The number of nitrogens with zero attached hydrogens (tertiary/aromatic N) is 1. The lowest BCUT2D eigenvalue weighted by molar-refractivity contribution is -0.128. The van der Waals surface area contributed by atoms with Gasteiger partial charge in [0.25, 0.3) is 0 Å². The number of nitrogens with one attached hydrogen (secondary N) is 1. The van der Waals surface area contributed by atoms with Gasteiger partial charge in [0, 0.05) is 30.8 Å². The van der Waals surface area contributed by atoms with E-state index in [0.717, 1.165) is 55.5 Å². The quantitative estimate of drug-likeness (QED) is 0.769. The van der Waals surface area contributed by atoms with Crippen LogP contribution < -0.4 is 5.32 Å². The molecular formula is C26H30N2O2. The van der Waals surface area contributed by atoms with Crippen LogP contribution in [0.1, 0.15) is 54.4 Å². The lowest BCUT2D eigenvalue weighted by Gasteiger charge is -2.30. The van der Waals surface area contributed by atoms with Crippen molar-refractivity contribution in [1.82, 2.24) is 4.90 Å². The number of carbonyl (C=O) groups excluding carboxylic acids is 2. The second-order valence-corrected chi connectivity index (χ2v) is 8.47. The summed E-state index contributed by atoms with van der Waals surface area (Å²) in [6.45, 7) is 3.46. The Hall–Kier alpha value is -2.88. The van der Waals surface area contributed by atoms with Crippen molar-refractivity contribution < 1.29 is 9.59 Å². The number of allylic oxidation sites excluding steroid dienone is 1. The summed E-state index contributed by atoms with van der Waals surface area (Å²) in [6.07, 6.45) is 8.40. The Morgan fingerprint density at radius 2 is 1.83 bits per heavy atom. The Labute approximate surface area is 179 Å². The van der Waals surface area contributed by atoms with Crippen LogP contribution in [0, 0.1) is 6.92 Å². The van der Waals surface area contributed by atoms with Crippen LogP contribution in [0.15, 0.2) is 54.1 Å². The van der Waals surface area contributed by atoms with Gasteiger partial charge >= 0.3 is 0 Å². The van der Waals surface area contributed by atoms with E-state index in [1.165, 1.54) is 23.1 Å². The molecule has 0 aromatic heterocycles. The van der Waals surface area contributed by atoms with Gasteiger partial charge < -0.3 is 10.2 Å². The predicted molar refractivity (Wildman–Crippen MR) is 120 cm³/mol. The molecule has 2 amide bonds. The largest absolute Gasteiger partial charge is 0.334 e. The molecule has 4 nitrogen and oxygen atoms in total. The molecule has 2 aromatic carbocycles. The number of fused-ring (bicyclic) bond motifs is 1. The lowest BCUT2D eigenvalue weighted by Crippen LogP contribution is -2.37. The highest BCUT2D eigenvalue weighted by Crippen LogP contribution is 2.26. The average molecular weight is 403 g/mol. The van der Waals surface area contributed by atoms with Crippen LogP contribution in [0.2, 0.25) is 0 Å². The van der Waals surface area contributed by atoms with E-state index in [2.05, 4.69) is 48.6 Å². The minimum atomic E-state index is 0.0200. The molecule has 156 valence electrons. The molecule has 1 N–H and O–H groups in total. The Balaban J connectivity index is 1.36. The number of amides is 2. The van der Waals surface area contributed by atoms with Crippen molar-refractivity contribution in [2.24, 2.45) is 0 Å². The molecule has 0 radical (unpaired) electrons. The Bertz CT molecular complexity index is 959. The maximum Gasteiger partial charge on any atom is 0.249 e. The van der Waals surface area contributed by atoms with E-state index in [-0.39, 0.29) is 11.8 Å². The highest BCUT2D eigenvalue weighted by Gasteiger charge is 2.24. The lowest BCUT2D eigenvalue weighted by atomic mass is 9.95. The molecule has 0 fully saturated rings. The molecule has 0 saturated heterocycles. The van der Waals surface area contributed by atoms with Gasteiger partial charge in [-0.2, -0.15) is 0 Å². The number of hydrogen-bond acceptors (Lipinski definition) is 2. The molecule has 0 spiro atoms. The first-order valence-corrected chi connectivity index (χ1v) is 11.0. The number of carbonyl (C=O) groups is 2. The SMILES string of the molecule is Cc1ccc(CCC(=O)Nc2ccc3c(c2)CN(C(=O)C2=CCCCC2)CC3)cc1. The summed E-state index contributed by atoms with van der Waals surface area (Å²) in [5.41, 5.74) is 6.60. The first kappa shape index (κ1) is 20.4. The molecule has 30 heavy (non-hydrogen) atoms. The zero-order valence-corrected chi connectivity index (χ0v) is 17.7. The second kappa shape index (κ2) is 9.29. The standard InChI is InChI=1S/C26H30N2O2/c1-19-7-9-20(10-8-19)11-14-25(29)27-24-13-12-21-15-16-28(18-23(21)17-24)26(30)22-5-3-2-4-6-22/h5,7-10,12-13,17H,2-4,6,11,14-16,18H2,1H3,(H,27,29). The van der Waals surface area contributed by atoms with Crippen molar-refractivity contribution in [3.63, 3.8) is 0 Å². The summed E-state index contributed by atoms with van der Waals surface area (Å²) in [5.74, 6) is 0.208. The monoisotopic (exact) mass is 402 g/mol. The van der Waals surface area contributed by atoms with Crippen LogP contribution in [-0.4, -0.2) is 23.3 Å². The Morgan fingerprint density at radius 3 is 2.60 bits per heavy atom. The predicted octanol–water partition coefficient (Wildman–Crippen LogP) is 4.95. The van der Waals surface area contributed by atoms with Crippen molar-refractivity contribution in [1.29, 1.82) is 0 Å². The maximum absolute atomic E-state index is 12.9. The molecule has 0 unspecified atom stereocenters. The summed E-state index contributed by atoms with van der Waals surface area (Å²) >= 11 is 0. The van der Waals surface area contributed by atoms with E-state index in [1.54, 1.807) is 0 Å². The van der Waals surface area contributed by atoms with Gasteiger partial charge in [0.15, 0.2) is 0 Å². The van der Waals surface area contributed by atoms with Gasteiger partial charge in [0.2, 0.25) is 11.8 Å². The van der Waals surface area contributed by atoms with Gasteiger partial charge in [-0.05, 0) is 74.3 Å². The summed E-state index contributed by atoms with van der Waals surface area (Å²) in [5, 5.41) is 3.03. The fourth-order valence-corrected chi connectivity index (χ4v) is 4.28. The van der Waals surface area contributed by atoms with Crippen LogP contribution in [0.5, 0.6) is 0 Å². The third-order valence-electron chi connectivity index (χ3n) is 6.12. The van der Waals surface area contributed by atoms with Crippen molar-refractivity contribution in [2.45, 2.75) is 58.4 Å². The zero-order valence-electron chi connectivity index (χ0n) is 17.7. The average Bonchev–Trinajstić information content (AvgIpc) is 2.78. The molecule has 1 aliphatic heterocycles. The molecular weight excluding hydrogens is 372 g/mol. The summed E-state index contributed by atoms with van der Waals surface area (Å²) in [7, 11) is 0. The van der Waals surface area contributed by atoms with E-state index < -0.39 is 0 Å². The minimum absolute atomic E-state index is 0.0200. The molecule has 0 bridgehead atoms. The molecule has 4 heteroatoms. The van der Waals surface area contributed by atoms with Gasteiger partial charge in [0.1, 0.15) is 0 Å². The van der Waals surface area contributed by atoms with E-state index in [1.807, 2.05) is 17.0 Å². The van der Waals surface area contributed by atoms with E-state index in [9.17, 15) is 9.59 Å². The zero-order chi connectivity index (χ0) is 20.9.